The number of rotatable bonds is 4. The van der Waals surface area contributed by atoms with E-state index in [-0.39, 0.29) is 25.1 Å². The third kappa shape index (κ3) is 2.97. The summed E-state index contributed by atoms with van der Waals surface area (Å²) in [6.07, 6.45) is 0.335. The van der Waals surface area contributed by atoms with Crippen molar-refractivity contribution in [3.8, 4) is 11.5 Å². The fraction of sp³-hybridized carbons (Fsp3) is 0.250. The molecule has 0 bridgehead atoms. The van der Waals surface area contributed by atoms with Crippen LogP contribution in [0.2, 0.25) is 0 Å². The smallest absolute Gasteiger partial charge is 0.137 e. The van der Waals surface area contributed by atoms with Gasteiger partial charge in [0.15, 0.2) is 0 Å². The van der Waals surface area contributed by atoms with Crippen molar-refractivity contribution in [3.63, 3.8) is 0 Å². The van der Waals surface area contributed by atoms with Crippen molar-refractivity contribution >= 4 is 0 Å². The molecule has 1 N–H and O–H groups in total. The number of halogens is 2. The SMILES string of the molecule is OCc1cc(F)ccc1OCC1Cc2cc(F)ccc2O1. The normalized spacial score (nSPS) is 16.4. The third-order valence-corrected chi connectivity index (χ3v) is 3.38. The van der Waals surface area contributed by atoms with Crippen LogP contribution in [-0.4, -0.2) is 17.8 Å². The summed E-state index contributed by atoms with van der Waals surface area (Å²) in [5, 5.41) is 9.19. The van der Waals surface area contributed by atoms with Crippen LogP contribution >= 0.6 is 0 Å². The minimum absolute atomic E-state index is 0.224. The average Bonchev–Trinajstić information content (AvgIpc) is 2.87. The van der Waals surface area contributed by atoms with Crippen LogP contribution in [0.5, 0.6) is 11.5 Å². The summed E-state index contributed by atoms with van der Waals surface area (Å²) >= 11 is 0. The van der Waals surface area contributed by atoms with Crippen molar-refractivity contribution in [3.05, 3.63) is 59.2 Å². The highest BCUT2D eigenvalue weighted by Gasteiger charge is 2.24. The van der Waals surface area contributed by atoms with Crippen molar-refractivity contribution in [1.29, 1.82) is 0 Å². The van der Waals surface area contributed by atoms with E-state index in [0.29, 0.717) is 23.5 Å². The lowest BCUT2D eigenvalue weighted by Gasteiger charge is -2.14. The van der Waals surface area contributed by atoms with E-state index >= 15 is 0 Å². The van der Waals surface area contributed by atoms with Gasteiger partial charge in [-0.15, -0.1) is 0 Å². The number of hydrogen-bond donors (Lipinski definition) is 1. The van der Waals surface area contributed by atoms with E-state index in [4.69, 9.17) is 9.47 Å². The van der Waals surface area contributed by atoms with Crippen LogP contribution < -0.4 is 9.47 Å². The highest BCUT2D eigenvalue weighted by molar-refractivity contribution is 5.38. The van der Waals surface area contributed by atoms with Gasteiger partial charge in [-0.05, 0) is 36.4 Å². The van der Waals surface area contributed by atoms with Crippen molar-refractivity contribution in [2.75, 3.05) is 6.61 Å². The Morgan fingerprint density at radius 1 is 1.14 bits per heavy atom. The number of ether oxygens (including phenoxy) is 2. The maximum atomic E-state index is 13.1. The van der Waals surface area contributed by atoms with Gasteiger partial charge < -0.3 is 14.6 Å². The van der Waals surface area contributed by atoms with E-state index in [1.54, 1.807) is 6.07 Å². The van der Waals surface area contributed by atoms with Gasteiger partial charge in [-0.1, -0.05) is 0 Å². The van der Waals surface area contributed by atoms with Gasteiger partial charge >= 0.3 is 0 Å². The second-order valence-electron chi connectivity index (χ2n) is 4.92. The summed E-state index contributed by atoms with van der Waals surface area (Å²) < 4.78 is 37.4. The fourth-order valence-electron chi connectivity index (χ4n) is 2.38. The first kappa shape index (κ1) is 13.8. The molecule has 110 valence electrons. The number of fused-ring (bicyclic) bond motifs is 1. The highest BCUT2D eigenvalue weighted by atomic mass is 19.1. The van der Waals surface area contributed by atoms with E-state index in [1.165, 1.54) is 30.3 Å². The molecule has 3 rings (SSSR count). The molecule has 1 aliphatic rings. The van der Waals surface area contributed by atoms with Crippen molar-refractivity contribution in [1.82, 2.24) is 0 Å². The van der Waals surface area contributed by atoms with Crippen LogP contribution in [0.1, 0.15) is 11.1 Å². The quantitative estimate of drug-likeness (QED) is 0.941. The van der Waals surface area contributed by atoms with Gasteiger partial charge in [0.05, 0.1) is 6.61 Å². The summed E-state index contributed by atoms with van der Waals surface area (Å²) in [5.41, 5.74) is 1.20. The molecule has 2 aromatic rings. The van der Waals surface area contributed by atoms with Gasteiger partial charge in [0, 0.05) is 17.5 Å². The predicted octanol–water partition coefficient (Wildman–Crippen LogP) is 2.84. The minimum Gasteiger partial charge on any atom is -0.489 e. The minimum atomic E-state index is -0.425. The Bertz CT molecular complexity index is 658. The van der Waals surface area contributed by atoms with E-state index in [0.717, 1.165) is 5.56 Å². The topological polar surface area (TPSA) is 38.7 Å². The van der Waals surface area contributed by atoms with Gasteiger partial charge in [-0.2, -0.15) is 0 Å². The Labute approximate surface area is 120 Å². The Morgan fingerprint density at radius 2 is 1.90 bits per heavy atom. The van der Waals surface area contributed by atoms with Crippen LogP contribution in [0.25, 0.3) is 0 Å². The molecular formula is C16H14F2O3. The maximum absolute atomic E-state index is 13.1. The van der Waals surface area contributed by atoms with Gasteiger partial charge in [-0.3, -0.25) is 0 Å². The van der Waals surface area contributed by atoms with Gasteiger partial charge in [-0.25, -0.2) is 8.78 Å². The Balaban J connectivity index is 1.65. The van der Waals surface area contributed by atoms with Gasteiger partial charge in [0.2, 0.25) is 0 Å². The van der Waals surface area contributed by atoms with E-state index in [1.807, 2.05) is 0 Å². The van der Waals surface area contributed by atoms with Gasteiger partial charge in [0.25, 0.3) is 0 Å². The molecule has 3 nitrogen and oxygen atoms in total. The van der Waals surface area contributed by atoms with Crippen molar-refractivity contribution < 1.29 is 23.4 Å². The zero-order chi connectivity index (χ0) is 14.8. The molecule has 0 spiro atoms. The molecule has 0 aromatic heterocycles. The largest absolute Gasteiger partial charge is 0.489 e. The fourth-order valence-corrected chi connectivity index (χ4v) is 2.38. The summed E-state index contributed by atoms with van der Waals surface area (Å²) in [6.45, 7) is -0.0566. The second kappa shape index (κ2) is 5.69. The number of benzene rings is 2. The number of aliphatic hydroxyl groups is 1. The summed E-state index contributed by atoms with van der Waals surface area (Å²) in [5.74, 6) is 0.363. The molecule has 0 fully saturated rings. The molecular weight excluding hydrogens is 278 g/mol. The molecule has 1 unspecified atom stereocenters. The highest BCUT2D eigenvalue weighted by Crippen LogP contribution is 2.30. The van der Waals surface area contributed by atoms with Crippen LogP contribution in [0.4, 0.5) is 8.78 Å². The summed E-state index contributed by atoms with van der Waals surface area (Å²) in [6, 6.07) is 8.38. The summed E-state index contributed by atoms with van der Waals surface area (Å²) in [7, 11) is 0. The number of aliphatic hydroxyl groups excluding tert-OH is 1. The molecule has 0 aliphatic carbocycles. The Morgan fingerprint density at radius 3 is 2.71 bits per heavy atom. The zero-order valence-electron chi connectivity index (χ0n) is 11.2. The first-order valence-electron chi connectivity index (χ1n) is 6.63. The average molecular weight is 292 g/mol. The molecule has 1 heterocycles. The van der Waals surface area contributed by atoms with Crippen LogP contribution in [0, 0.1) is 11.6 Å². The first-order valence-corrected chi connectivity index (χ1v) is 6.63. The van der Waals surface area contributed by atoms with E-state index < -0.39 is 5.82 Å². The molecule has 2 aromatic carbocycles. The second-order valence-corrected chi connectivity index (χ2v) is 4.92. The predicted molar refractivity (Wildman–Crippen MR) is 72.3 cm³/mol. The van der Waals surface area contributed by atoms with Crippen molar-refractivity contribution in [2.45, 2.75) is 19.1 Å². The maximum Gasteiger partial charge on any atom is 0.137 e. The van der Waals surface area contributed by atoms with Crippen LogP contribution in [0.15, 0.2) is 36.4 Å². The van der Waals surface area contributed by atoms with Crippen LogP contribution in [-0.2, 0) is 13.0 Å². The summed E-state index contributed by atoms with van der Waals surface area (Å²) in [4.78, 5) is 0. The molecule has 0 saturated carbocycles. The molecule has 0 saturated heterocycles. The standard InChI is InChI=1S/C16H14F2O3/c17-12-2-4-16-10(5-12)7-14(21-16)9-20-15-3-1-13(18)6-11(15)8-19/h1-6,14,19H,7-9H2. The molecule has 21 heavy (non-hydrogen) atoms. The Kier molecular flexibility index (Phi) is 3.75. The molecule has 1 aliphatic heterocycles. The lowest BCUT2D eigenvalue weighted by atomic mass is 10.1. The lowest BCUT2D eigenvalue weighted by Crippen LogP contribution is -2.22. The molecule has 1 atom stereocenters. The lowest BCUT2D eigenvalue weighted by molar-refractivity contribution is 0.145. The molecule has 0 amide bonds. The van der Waals surface area contributed by atoms with Crippen LogP contribution in [0.3, 0.4) is 0 Å². The Hall–Kier alpha value is -2.14. The zero-order valence-corrected chi connectivity index (χ0v) is 11.2. The first-order chi connectivity index (χ1) is 10.2. The number of hydrogen-bond acceptors (Lipinski definition) is 3. The molecule has 5 heteroatoms. The van der Waals surface area contributed by atoms with Gasteiger partial charge in [0.1, 0.15) is 35.8 Å². The van der Waals surface area contributed by atoms with Crippen molar-refractivity contribution in [2.24, 2.45) is 0 Å². The monoisotopic (exact) mass is 292 g/mol. The van der Waals surface area contributed by atoms with E-state index in [2.05, 4.69) is 0 Å². The van der Waals surface area contributed by atoms with E-state index in [9.17, 15) is 13.9 Å². The molecule has 0 radical (unpaired) electrons. The third-order valence-electron chi connectivity index (χ3n) is 3.38.